The molecule has 3 aromatic rings. The van der Waals surface area contributed by atoms with E-state index >= 15 is 0 Å². The Hall–Kier alpha value is -2.81. The highest BCUT2D eigenvalue weighted by Gasteiger charge is 2.08. The number of nitrogens with zero attached hydrogens (tertiary/aromatic N) is 1. The van der Waals surface area contributed by atoms with Gasteiger partial charge in [-0.3, -0.25) is 4.98 Å². The second-order valence-electron chi connectivity index (χ2n) is 6.67. The molecule has 174 valence electrons. The first-order chi connectivity index (χ1) is 15.4. The highest BCUT2D eigenvalue weighted by atomic mass is 32.1. The summed E-state index contributed by atoms with van der Waals surface area (Å²) in [6.07, 6.45) is 1.65. The molecule has 1 atom stereocenters. The van der Waals surface area contributed by atoms with Crippen LogP contribution in [0.5, 0.6) is 0 Å². The standard InChI is InChI=1S/C10H9NS.C8H8FNO2.C4H9NO.C2H6/c1-8-2-4-9(5-3-8)10-6-11-7-12-10;9-7-3-1-2-6(4-7)5-10-8(11)12;6-4-1-2-5-3-4;1-2/h2-7H,1H3;1-4,10H,5H2,(H,11,12);4-6H,1-3H2;1-2H3. The van der Waals surface area contributed by atoms with Gasteiger partial charge in [0.25, 0.3) is 0 Å². The van der Waals surface area contributed by atoms with Crippen LogP contribution in [0.1, 0.15) is 31.4 Å². The van der Waals surface area contributed by atoms with Gasteiger partial charge in [0.2, 0.25) is 0 Å². The van der Waals surface area contributed by atoms with E-state index in [-0.39, 0.29) is 18.5 Å². The van der Waals surface area contributed by atoms with Crippen molar-refractivity contribution in [1.29, 1.82) is 0 Å². The summed E-state index contributed by atoms with van der Waals surface area (Å²) in [7, 11) is 0. The van der Waals surface area contributed by atoms with Crippen molar-refractivity contribution in [2.24, 2.45) is 0 Å². The zero-order valence-electron chi connectivity index (χ0n) is 18.7. The third kappa shape index (κ3) is 11.5. The number of rotatable bonds is 3. The van der Waals surface area contributed by atoms with Crippen molar-refractivity contribution in [3.63, 3.8) is 0 Å². The fourth-order valence-electron chi connectivity index (χ4n) is 2.54. The Balaban J connectivity index is 0.000000242. The zero-order chi connectivity index (χ0) is 23.8. The van der Waals surface area contributed by atoms with E-state index in [1.807, 2.05) is 25.6 Å². The smallest absolute Gasteiger partial charge is 0.404 e. The molecule has 2 aromatic carbocycles. The Labute approximate surface area is 193 Å². The Morgan fingerprint density at radius 2 is 1.97 bits per heavy atom. The Morgan fingerprint density at radius 3 is 2.44 bits per heavy atom. The van der Waals surface area contributed by atoms with E-state index in [0.717, 1.165) is 19.5 Å². The third-order valence-electron chi connectivity index (χ3n) is 4.14. The Morgan fingerprint density at radius 1 is 1.25 bits per heavy atom. The first-order valence-corrected chi connectivity index (χ1v) is 11.4. The van der Waals surface area contributed by atoms with Gasteiger partial charge in [0.15, 0.2) is 0 Å². The van der Waals surface area contributed by atoms with E-state index in [2.05, 4.69) is 46.8 Å². The molecule has 0 spiro atoms. The minimum absolute atomic E-state index is 0.0648. The molecule has 1 aromatic heterocycles. The normalized spacial score (nSPS) is 14.0. The number of nitrogens with one attached hydrogen (secondary N) is 2. The number of benzene rings is 2. The van der Waals surface area contributed by atoms with E-state index in [4.69, 9.17) is 10.2 Å². The van der Waals surface area contributed by atoms with Gasteiger partial charge in [-0.1, -0.05) is 55.8 Å². The number of halogens is 1. The number of hydrogen-bond donors (Lipinski definition) is 4. The van der Waals surface area contributed by atoms with Crippen LogP contribution < -0.4 is 10.6 Å². The molecule has 0 saturated carbocycles. The van der Waals surface area contributed by atoms with E-state index in [9.17, 15) is 9.18 Å². The van der Waals surface area contributed by atoms with Crippen LogP contribution in [-0.2, 0) is 6.54 Å². The van der Waals surface area contributed by atoms with Crippen LogP contribution in [0.3, 0.4) is 0 Å². The molecule has 1 saturated heterocycles. The summed E-state index contributed by atoms with van der Waals surface area (Å²) in [5.41, 5.74) is 5.01. The highest BCUT2D eigenvalue weighted by Crippen LogP contribution is 2.22. The molecule has 4 rings (SSSR count). The van der Waals surface area contributed by atoms with Crippen LogP contribution in [0.25, 0.3) is 10.4 Å². The summed E-state index contributed by atoms with van der Waals surface area (Å²) >= 11 is 1.67. The first-order valence-electron chi connectivity index (χ1n) is 10.5. The lowest BCUT2D eigenvalue weighted by molar-refractivity contribution is 0.193. The van der Waals surface area contributed by atoms with Gasteiger partial charge in [0.05, 0.1) is 16.5 Å². The largest absolute Gasteiger partial charge is 0.465 e. The number of β-amino-alcohol motifs (C(OH)–C–C–N with tert-alkyl or cyclic N) is 1. The summed E-state index contributed by atoms with van der Waals surface area (Å²) < 4.78 is 12.5. The molecule has 0 radical (unpaired) electrons. The number of thiazole rings is 1. The molecule has 32 heavy (non-hydrogen) atoms. The van der Waals surface area contributed by atoms with Crippen molar-refractivity contribution >= 4 is 17.4 Å². The van der Waals surface area contributed by atoms with Gasteiger partial charge in [0, 0.05) is 19.3 Å². The molecule has 2 heterocycles. The molecule has 6 nitrogen and oxygen atoms in total. The average molecular weight is 462 g/mol. The lowest BCUT2D eigenvalue weighted by Crippen LogP contribution is -2.19. The van der Waals surface area contributed by atoms with Gasteiger partial charge in [-0.25, -0.2) is 9.18 Å². The molecule has 1 aliphatic heterocycles. The minimum Gasteiger partial charge on any atom is -0.465 e. The number of aliphatic hydroxyl groups excluding tert-OH is 1. The first kappa shape index (κ1) is 27.2. The predicted molar refractivity (Wildman–Crippen MR) is 128 cm³/mol. The van der Waals surface area contributed by atoms with Crippen molar-refractivity contribution in [2.75, 3.05) is 13.1 Å². The monoisotopic (exact) mass is 461 g/mol. The van der Waals surface area contributed by atoms with Gasteiger partial charge in [-0.2, -0.15) is 0 Å². The summed E-state index contributed by atoms with van der Waals surface area (Å²) in [5, 5.41) is 22.1. The number of aliphatic hydroxyl groups is 1. The van der Waals surface area contributed by atoms with Gasteiger partial charge >= 0.3 is 6.09 Å². The molecule has 8 heteroatoms. The van der Waals surface area contributed by atoms with E-state index < -0.39 is 6.09 Å². The number of carbonyl (C=O) groups is 1. The minimum atomic E-state index is -1.11. The molecular weight excluding hydrogens is 429 g/mol. The van der Waals surface area contributed by atoms with Crippen LogP contribution in [0.4, 0.5) is 9.18 Å². The maximum absolute atomic E-state index is 12.5. The number of hydrogen-bond acceptors (Lipinski definition) is 5. The maximum atomic E-state index is 12.5. The molecule has 0 bridgehead atoms. The van der Waals surface area contributed by atoms with E-state index in [0.29, 0.717) is 5.56 Å². The Kier molecular flexibility index (Phi) is 13.5. The van der Waals surface area contributed by atoms with Gasteiger partial charge in [-0.05, 0) is 43.1 Å². The molecule has 1 fully saturated rings. The van der Waals surface area contributed by atoms with Gasteiger partial charge < -0.3 is 20.8 Å². The van der Waals surface area contributed by atoms with E-state index in [1.165, 1.54) is 34.2 Å². The fourth-order valence-corrected chi connectivity index (χ4v) is 3.17. The third-order valence-corrected chi connectivity index (χ3v) is 4.96. The molecule has 1 aliphatic rings. The number of aromatic nitrogens is 1. The van der Waals surface area contributed by atoms with Gasteiger partial charge in [-0.15, -0.1) is 11.3 Å². The second kappa shape index (κ2) is 15.9. The topological polar surface area (TPSA) is 94.5 Å². The SMILES string of the molecule is CC.Cc1ccc(-c2cncs2)cc1.O=C(O)NCc1cccc(F)c1.OC1CCNC1. The van der Waals surface area contributed by atoms with E-state index in [1.54, 1.807) is 17.4 Å². The van der Waals surface area contributed by atoms with Crippen LogP contribution in [0, 0.1) is 12.7 Å². The molecule has 1 amide bonds. The summed E-state index contributed by atoms with van der Waals surface area (Å²) in [5.74, 6) is -0.361. The van der Waals surface area contributed by atoms with Crippen molar-refractivity contribution in [2.45, 2.75) is 39.8 Å². The summed E-state index contributed by atoms with van der Waals surface area (Å²) in [4.78, 5) is 15.3. The quantitative estimate of drug-likeness (QED) is 0.436. The predicted octanol–water partition coefficient (Wildman–Crippen LogP) is 5.08. The van der Waals surface area contributed by atoms with Gasteiger partial charge in [0.1, 0.15) is 5.82 Å². The fraction of sp³-hybridized carbons (Fsp3) is 0.333. The zero-order valence-corrected chi connectivity index (χ0v) is 19.5. The van der Waals surface area contributed by atoms with Crippen molar-refractivity contribution in [1.82, 2.24) is 15.6 Å². The second-order valence-corrected chi connectivity index (χ2v) is 7.55. The van der Waals surface area contributed by atoms with Crippen molar-refractivity contribution < 1.29 is 19.4 Å². The summed E-state index contributed by atoms with van der Waals surface area (Å²) in [6.45, 7) is 8.00. The lowest BCUT2D eigenvalue weighted by Gasteiger charge is -2.00. The molecular formula is C24H32FN3O3S. The molecule has 1 unspecified atom stereocenters. The number of amides is 1. The van der Waals surface area contributed by atoms with Crippen molar-refractivity contribution in [3.8, 4) is 10.4 Å². The maximum Gasteiger partial charge on any atom is 0.404 e. The number of aryl methyl sites for hydroxylation is 1. The van der Waals surface area contributed by atoms with Crippen LogP contribution in [0.15, 0.2) is 60.2 Å². The number of carboxylic acid groups (broad SMARTS) is 1. The van der Waals surface area contributed by atoms with Crippen molar-refractivity contribution in [3.05, 3.63) is 77.2 Å². The molecule has 4 N–H and O–H groups in total. The Bertz CT molecular complexity index is 884. The van der Waals surface area contributed by atoms with Crippen LogP contribution in [0.2, 0.25) is 0 Å². The lowest BCUT2D eigenvalue weighted by atomic mass is 10.1. The summed E-state index contributed by atoms with van der Waals surface area (Å²) in [6, 6.07) is 14.3. The van der Waals surface area contributed by atoms with Crippen LogP contribution >= 0.6 is 11.3 Å². The van der Waals surface area contributed by atoms with Crippen LogP contribution in [-0.4, -0.2) is 40.5 Å². The highest BCUT2D eigenvalue weighted by molar-refractivity contribution is 7.13. The average Bonchev–Trinajstić information content (AvgIpc) is 3.50. The molecule has 0 aliphatic carbocycles.